The van der Waals surface area contributed by atoms with Gasteiger partial charge in [0.05, 0.1) is 18.2 Å². The molecule has 0 radical (unpaired) electrons. The molecule has 0 aliphatic carbocycles. The van der Waals surface area contributed by atoms with Crippen molar-refractivity contribution in [3.05, 3.63) is 124 Å². The Bertz CT molecular complexity index is 1320. The second-order valence-corrected chi connectivity index (χ2v) is 9.00. The summed E-state index contributed by atoms with van der Waals surface area (Å²) < 4.78 is 1.76. The number of benzene rings is 2. The maximum atomic E-state index is 13.9. The summed E-state index contributed by atoms with van der Waals surface area (Å²) in [6.07, 6.45) is 3.49. The Labute approximate surface area is 205 Å². The van der Waals surface area contributed by atoms with Gasteiger partial charge in [-0.25, -0.2) is 0 Å². The number of para-hydroxylation sites is 1. The molecule has 1 fully saturated rings. The number of piperazine rings is 1. The van der Waals surface area contributed by atoms with Crippen molar-refractivity contribution < 1.29 is 5.11 Å². The second-order valence-electron chi connectivity index (χ2n) is 9.00. The van der Waals surface area contributed by atoms with Gasteiger partial charge in [-0.15, -0.1) is 0 Å². The molecule has 0 spiro atoms. The highest BCUT2D eigenvalue weighted by Crippen LogP contribution is 2.33. The number of aromatic nitrogens is 2. The normalized spacial score (nSPS) is 15.2. The average Bonchev–Trinajstić information content (AvgIpc) is 2.91. The van der Waals surface area contributed by atoms with E-state index in [-0.39, 0.29) is 17.4 Å². The summed E-state index contributed by atoms with van der Waals surface area (Å²) in [4.78, 5) is 22.7. The van der Waals surface area contributed by atoms with Crippen LogP contribution in [0.25, 0.3) is 0 Å². The Kier molecular flexibility index (Phi) is 6.64. The Balaban J connectivity index is 1.52. The van der Waals surface area contributed by atoms with Gasteiger partial charge >= 0.3 is 0 Å². The smallest absolute Gasteiger partial charge is 0.259 e. The SMILES string of the molecule is Cc1cc(O)c([C@@H](c2ccncc2)N2CCN(c3ccccc3)CC2)c(=O)n1Cc1ccccc1. The number of aromatic hydroxyl groups is 1. The van der Waals surface area contributed by atoms with Crippen molar-refractivity contribution in [3.63, 3.8) is 0 Å². The molecule has 6 heteroatoms. The number of aryl methyl sites for hydroxylation is 1. The Hall–Kier alpha value is -3.90. The van der Waals surface area contributed by atoms with Crippen molar-refractivity contribution in [1.29, 1.82) is 0 Å². The van der Waals surface area contributed by atoms with E-state index in [2.05, 4.69) is 39.0 Å². The summed E-state index contributed by atoms with van der Waals surface area (Å²) in [6, 6.07) is 25.6. The van der Waals surface area contributed by atoms with Crippen molar-refractivity contribution in [3.8, 4) is 5.75 Å². The molecule has 2 aromatic carbocycles. The summed E-state index contributed by atoms with van der Waals surface area (Å²) in [5, 5.41) is 11.1. The maximum Gasteiger partial charge on any atom is 0.259 e. The highest BCUT2D eigenvalue weighted by molar-refractivity contribution is 5.47. The molecule has 1 N–H and O–H groups in total. The van der Waals surface area contributed by atoms with Crippen molar-refractivity contribution >= 4 is 5.69 Å². The van der Waals surface area contributed by atoms with Crippen LogP contribution in [0.2, 0.25) is 0 Å². The minimum absolute atomic E-state index is 0.0455. The standard InChI is InChI=1S/C29H30N4O2/c1-22-20-26(34)27(29(35)33(22)21-23-8-4-2-5-9-23)28(24-12-14-30-15-13-24)32-18-16-31(17-19-32)25-10-6-3-7-11-25/h2-15,20,28,34H,16-19,21H2,1H3/t28-/m1/s1. The fourth-order valence-electron chi connectivity index (χ4n) is 4.97. The molecule has 35 heavy (non-hydrogen) atoms. The van der Waals surface area contributed by atoms with Crippen LogP contribution in [-0.4, -0.2) is 45.7 Å². The third-order valence-corrected chi connectivity index (χ3v) is 6.80. The molecule has 5 rings (SSSR count). The summed E-state index contributed by atoms with van der Waals surface area (Å²) in [7, 11) is 0. The third kappa shape index (κ3) is 4.84. The molecule has 1 aliphatic heterocycles. The van der Waals surface area contributed by atoms with Gasteiger partial charge in [-0.05, 0) is 48.4 Å². The first-order chi connectivity index (χ1) is 17.1. The highest BCUT2D eigenvalue weighted by atomic mass is 16.3. The summed E-state index contributed by atoms with van der Waals surface area (Å²) >= 11 is 0. The molecule has 6 nitrogen and oxygen atoms in total. The van der Waals surface area contributed by atoms with Crippen molar-refractivity contribution in [2.24, 2.45) is 0 Å². The van der Waals surface area contributed by atoms with E-state index in [9.17, 15) is 9.90 Å². The lowest BCUT2D eigenvalue weighted by Crippen LogP contribution is -2.49. The molecule has 0 unspecified atom stereocenters. The molecule has 3 heterocycles. The van der Waals surface area contributed by atoms with E-state index >= 15 is 0 Å². The number of anilines is 1. The number of nitrogens with zero attached hydrogens (tertiary/aromatic N) is 4. The first-order valence-electron chi connectivity index (χ1n) is 12.0. The summed E-state index contributed by atoms with van der Waals surface area (Å²) in [5.74, 6) is 0.0455. The van der Waals surface area contributed by atoms with E-state index in [1.165, 1.54) is 5.69 Å². The van der Waals surface area contributed by atoms with E-state index in [0.717, 1.165) is 43.0 Å². The van der Waals surface area contributed by atoms with E-state index in [0.29, 0.717) is 12.1 Å². The van der Waals surface area contributed by atoms with Gasteiger partial charge in [0.25, 0.3) is 5.56 Å². The van der Waals surface area contributed by atoms with E-state index in [1.807, 2.05) is 55.5 Å². The molecule has 0 bridgehead atoms. The molecule has 0 saturated carbocycles. The van der Waals surface area contributed by atoms with Crippen molar-refractivity contribution in [2.45, 2.75) is 19.5 Å². The van der Waals surface area contributed by atoms with Crippen LogP contribution in [0.1, 0.15) is 28.4 Å². The first-order valence-corrected chi connectivity index (χ1v) is 12.0. The molecule has 1 saturated heterocycles. The fourth-order valence-corrected chi connectivity index (χ4v) is 4.97. The summed E-state index contributed by atoms with van der Waals surface area (Å²) in [5.41, 5.74) is 4.21. The first kappa shape index (κ1) is 22.9. The lowest BCUT2D eigenvalue weighted by Gasteiger charge is -2.40. The maximum absolute atomic E-state index is 13.9. The lowest BCUT2D eigenvalue weighted by atomic mass is 9.96. The molecule has 0 amide bonds. The van der Waals surface area contributed by atoms with Gasteiger partial charge in [0.2, 0.25) is 0 Å². The highest BCUT2D eigenvalue weighted by Gasteiger charge is 2.31. The van der Waals surface area contributed by atoms with Gasteiger partial charge < -0.3 is 14.6 Å². The predicted molar refractivity (Wildman–Crippen MR) is 139 cm³/mol. The minimum atomic E-state index is -0.356. The number of hydrogen-bond donors (Lipinski definition) is 1. The monoisotopic (exact) mass is 466 g/mol. The number of hydrogen-bond acceptors (Lipinski definition) is 5. The Morgan fingerprint density at radius 2 is 1.51 bits per heavy atom. The minimum Gasteiger partial charge on any atom is -0.507 e. The van der Waals surface area contributed by atoms with Crippen LogP contribution in [0, 0.1) is 6.92 Å². The van der Waals surface area contributed by atoms with E-state index < -0.39 is 0 Å². The van der Waals surface area contributed by atoms with Crippen LogP contribution in [0.3, 0.4) is 0 Å². The van der Waals surface area contributed by atoms with Gasteiger partial charge in [-0.2, -0.15) is 0 Å². The third-order valence-electron chi connectivity index (χ3n) is 6.80. The van der Waals surface area contributed by atoms with Crippen LogP contribution >= 0.6 is 0 Å². The molecule has 2 aromatic heterocycles. The predicted octanol–water partition coefficient (Wildman–Crippen LogP) is 4.22. The zero-order valence-corrected chi connectivity index (χ0v) is 19.9. The van der Waals surface area contributed by atoms with Gasteiger partial charge in [-0.3, -0.25) is 14.7 Å². The van der Waals surface area contributed by atoms with Crippen LogP contribution in [0.15, 0.2) is 96.1 Å². The van der Waals surface area contributed by atoms with Gasteiger partial charge in [0, 0.05) is 50.0 Å². The topological polar surface area (TPSA) is 61.6 Å². The quantitative estimate of drug-likeness (QED) is 0.461. The van der Waals surface area contributed by atoms with Gasteiger partial charge in [-0.1, -0.05) is 48.5 Å². The molecule has 178 valence electrons. The van der Waals surface area contributed by atoms with Gasteiger partial charge in [0.1, 0.15) is 5.75 Å². The Morgan fingerprint density at radius 1 is 0.886 bits per heavy atom. The second kappa shape index (κ2) is 10.2. The van der Waals surface area contributed by atoms with Crippen LogP contribution in [0.4, 0.5) is 5.69 Å². The largest absolute Gasteiger partial charge is 0.507 e. The van der Waals surface area contributed by atoms with Crippen molar-refractivity contribution in [1.82, 2.24) is 14.5 Å². The van der Waals surface area contributed by atoms with Crippen LogP contribution in [0.5, 0.6) is 5.75 Å². The van der Waals surface area contributed by atoms with Crippen molar-refractivity contribution in [2.75, 3.05) is 31.1 Å². The zero-order chi connectivity index (χ0) is 24.2. The molecule has 1 aliphatic rings. The summed E-state index contributed by atoms with van der Waals surface area (Å²) in [6.45, 7) is 5.56. The van der Waals surface area contributed by atoms with Gasteiger partial charge in [0.15, 0.2) is 0 Å². The van der Waals surface area contributed by atoms with Crippen LogP contribution in [-0.2, 0) is 6.54 Å². The zero-order valence-electron chi connectivity index (χ0n) is 19.9. The van der Waals surface area contributed by atoms with E-state index in [1.54, 1.807) is 23.0 Å². The Morgan fingerprint density at radius 3 is 2.17 bits per heavy atom. The molecule has 1 atom stereocenters. The number of rotatable bonds is 6. The van der Waals surface area contributed by atoms with Crippen LogP contribution < -0.4 is 10.5 Å². The lowest BCUT2D eigenvalue weighted by molar-refractivity contribution is 0.207. The number of pyridine rings is 2. The molecule has 4 aromatic rings. The molecular weight excluding hydrogens is 436 g/mol. The fraction of sp³-hybridized carbons (Fsp3) is 0.241. The average molecular weight is 467 g/mol. The molecular formula is C29H30N4O2. The van der Waals surface area contributed by atoms with E-state index in [4.69, 9.17) is 0 Å².